The van der Waals surface area contributed by atoms with Crippen LogP contribution in [-0.4, -0.2) is 182 Å². The molecule has 13 N–H and O–H groups in total. The molecule has 0 aliphatic carbocycles. The molecule has 1 aliphatic rings. The standard InChI is InChI=1S/C49H76N14O15/c1-10-28(4)38(60-40(68)33(21-29-15-17-31(65)18-16-29)57-41(69)37(27(2)3)59-39(67)32(56-36(66)24-52-8)13-11-19-54-47(50)51)42(70)58-34(22-30-23-53-26-55-30)43(71)61-20-12-14-35(61)44(72)62(63(75)76)49(25-64,45(73)77-9)46(74)78-48(5,6)7/h15-18,23,26-28,32-35,37-38,52,64-65H,10-14,19-22,24-25H2,1-9H3,(H,53,55)(H,56,66)(H,57,69)(H,58,70)(H,59,67)(H,60,68)(H4,50,51,54)/t28-,32-,33-,34-,35-,37-,38-,49-/m0/s1. The number of phenolic OH excluding ortho intramolecular Hbond substituents is 1. The summed E-state index contributed by atoms with van der Waals surface area (Å²) in [7, 11) is 2.32. The number of hydrogen-bond donors (Lipinski definition) is 11. The number of likely N-dealkylation sites (tertiary alicyclic amines) is 1. The van der Waals surface area contributed by atoms with Gasteiger partial charge in [0.2, 0.25) is 35.4 Å². The van der Waals surface area contributed by atoms with Crippen molar-refractivity contribution >= 4 is 59.2 Å². The number of phenols is 1. The minimum Gasteiger partial charge on any atom is -0.508 e. The van der Waals surface area contributed by atoms with Gasteiger partial charge in [0.05, 0.1) is 26.6 Å². The number of esters is 2. The van der Waals surface area contributed by atoms with Gasteiger partial charge in [-0.2, -0.15) is 0 Å². The Hall–Kier alpha value is -7.95. The number of aliphatic hydroxyl groups excluding tert-OH is 1. The van der Waals surface area contributed by atoms with E-state index >= 15 is 0 Å². The fourth-order valence-electron chi connectivity index (χ4n) is 8.36. The number of nitrogens with two attached hydrogens (primary N) is 2. The van der Waals surface area contributed by atoms with Gasteiger partial charge in [-0.1, -0.05) is 46.2 Å². The number of nitrogens with one attached hydrogen (secondary N) is 7. The van der Waals surface area contributed by atoms with Crippen LogP contribution in [0.3, 0.4) is 0 Å². The van der Waals surface area contributed by atoms with Crippen molar-refractivity contribution in [3.63, 3.8) is 0 Å². The number of amides is 7. The number of ether oxygens (including phenoxy) is 2. The van der Waals surface area contributed by atoms with E-state index in [2.05, 4.69) is 46.9 Å². The summed E-state index contributed by atoms with van der Waals surface area (Å²) in [6, 6.07) is -2.87. The van der Waals surface area contributed by atoms with Gasteiger partial charge in [-0.3, -0.25) is 38.6 Å². The molecule has 0 saturated carbocycles. The molecule has 432 valence electrons. The molecule has 1 saturated heterocycles. The zero-order valence-corrected chi connectivity index (χ0v) is 45.5. The monoisotopic (exact) mass is 1100 g/mol. The van der Waals surface area contributed by atoms with E-state index < -0.39 is 129 Å². The number of H-pyrrole nitrogens is 1. The number of hydrazine groups is 1. The summed E-state index contributed by atoms with van der Waals surface area (Å²) in [5.41, 5.74) is 6.90. The van der Waals surface area contributed by atoms with Gasteiger partial charge in [-0.25, -0.2) is 24.7 Å². The van der Waals surface area contributed by atoms with Crippen molar-refractivity contribution in [2.75, 3.05) is 40.4 Å². The molecule has 2 heterocycles. The van der Waals surface area contributed by atoms with Crippen molar-refractivity contribution in [3.8, 4) is 5.75 Å². The quantitative estimate of drug-likeness (QED) is 0.00766. The van der Waals surface area contributed by atoms with Gasteiger partial charge in [0, 0.05) is 37.8 Å². The molecule has 1 aromatic heterocycles. The highest BCUT2D eigenvalue weighted by molar-refractivity contribution is 6.08. The van der Waals surface area contributed by atoms with Crippen LogP contribution in [0, 0.1) is 22.0 Å². The van der Waals surface area contributed by atoms with E-state index in [0.29, 0.717) is 11.3 Å². The maximum Gasteiger partial charge on any atom is 0.353 e. The van der Waals surface area contributed by atoms with E-state index in [9.17, 15) is 63.5 Å². The topological polar surface area (TPSA) is 427 Å². The average molecular weight is 1100 g/mol. The first-order chi connectivity index (χ1) is 36.6. The van der Waals surface area contributed by atoms with Crippen molar-refractivity contribution in [1.82, 2.24) is 51.8 Å². The molecule has 29 heteroatoms. The number of aliphatic hydroxyl groups is 1. The number of likely N-dealkylation sites (N-methyl/N-ethyl adjacent to an activating group) is 1. The van der Waals surface area contributed by atoms with Crippen molar-refractivity contribution in [1.29, 1.82) is 0 Å². The number of rotatable bonds is 29. The molecule has 1 fully saturated rings. The van der Waals surface area contributed by atoms with Crippen molar-refractivity contribution in [2.45, 2.75) is 141 Å². The normalized spacial score (nSPS) is 16.3. The SMILES string of the molecule is CC[C@H](C)[C@H](NC(=O)[C@H](Cc1ccc(O)cc1)NC(=O)[C@@H](NC(=O)[C@H](CCCN=C(N)N)NC(=O)CNC)C(C)C)C(=O)N[C@@H](Cc1cnc[nH]1)C(=O)N1CCC[C@H]1C(=O)N([N+](=O)[O-])[C@@](CO)(C(=O)OC)C(=O)OC(C)(C)C. The molecule has 0 unspecified atom stereocenters. The number of imidazole rings is 1. The number of nitro groups is 1. The van der Waals surface area contributed by atoms with Crippen LogP contribution in [0.25, 0.3) is 0 Å². The predicted octanol–water partition coefficient (Wildman–Crippen LogP) is -2.44. The highest BCUT2D eigenvalue weighted by Gasteiger charge is 2.65. The lowest BCUT2D eigenvalue weighted by molar-refractivity contribution is -0.647. The highest BCUT2D eigenvalue weighted by Crippen LogP contribution is 2.29. The fourth-order valence-corrected chi connectivity index (χ4v) is 8.36. The van der Waals surface area contributed by atoms with E-state index in [1.165, 1.54) is 57.6 Å². The lowest BCUT2D eigenvalue weighted by Crippen LogP contribution is -2.70. The maximum atomic E-state index is 14.8. The summed E-state index contributed by atoms with van der Waals surface area (Å²) in [5, 5.41) is 47.7. The number of carbonyl (C=O) groups is 9. The number of aromatic amines is 1. The van der Waals surface area contributed by atoms with Gasteiger partial charge in [-0.15, -0.1) is 0 Å². The number of aliphatic imine (C=N–C) groups is 1. The van der Waals surface area contributed by atoms with Crippen LogP contribution in [0.5, 0.6) is 5.75 Å². The van der Waals surface area contributed by atoms with Crippen molar-refractivity contribution in [2.24, 2.45) is 28.3 Å². The third-order valence-corrected chi connectivity index (χ3v) is 12.6. The van der Waals surface area contributed by atoms with Crippen LogP contribution < -0.4 is 43.4 Å². The van der Waals surface area contributed by atoms with Crippen LogP contribution in [0.1, 0.15) is 91.8 Å². The molecule has 0 spiro atoms. The highest BCUT2D eigenvalue weighted by atomic mass is 16.7. The largest absolute Gasteiger partial charge is 0.508 e. The van der Waals surface area contributed by atoms with Gasteiger partial charge in [0.25, 0.3) is 0 Å². The maximum absolute atomic E-state index is 14.8. The molecular formula is C49H76N14O15. The first-order valence-corrected chi connectivity index (χ1v) is 25.3. The third kappa shape index (κ3) is 17.8. The minimum absolute atomic E-state index is 0.0742. The first-order valence-electron chi connectivity index (χ1n) is 25.3. The Kier molecular flexibility index (Phi) is 24.4. The van der Waals surface area contributed by atoms with E-state index in [-0.39, 0.29) is 76.3 Å². The summed E-state index contributed by atoms with van der Waals surface area (Å²) >= 11 is 0. The van der Waals surface area contributed by atoms with Crippen LogP contribution >= 0.6 is 0 Å². The molecule has 29 nitrogen and oxygen atoms in total. The van der Waals surface area contributed by atoms with Crippen molar-refractivity contribution < 1.29 is 67.9 Å². The van der Waals surface area contributed by atoms with E-state index in [0.717, 1.165) is 12.0 Å². The molecule has 1 aliphatic heterocycles. The molecule has 8 atom stereocenters. The predicted molar refractivity (Wildman–Crippen MR) is 278 cm³/mol. The number of carbonyl (C=O) groups excluding carboxylic acids is 9. The van der Waals surface area contributed by atoms with Crippen molar-refractivity contribution in [3.05, 3.63) is 58.2 Å². The van der Waals surface area contributed by atoms with E-state index in [4.69, 9.17) is 20.9 Å². The Morgan fingerprint density at radius 1 is 0.910 bits per heavy atom. The summed E-state index contributed by atoms with van der Waals surface area (Å²) < 4.78 is 9.96. The average Bonchev–Trinajstić information content (AvgIpc) is 4.09. The van der Waals surface area contributed by atoms with Crippen LogP contribution in [0.4, 0.5) is 0 Å². The second kappa shape index (κ2) is 29.5. The molecular weight excluding hydrogens is 1020 g/mol. The number of methoxy groups -OCH3 is 1. The minimum atomic E-state index is -3.36. The first kappa shape index (κ1) is 64.3. The molecule has 78 heavy (non-hydrogen) atoms. The Balaban J connectivity index is 2.03. The van der Waals surface area contributed by atoms with Gasteiger partial charge in [-0.05, 0) is 88.0 Å². The van der Waals surface area contributed by atoms with Gasteiger partial charge >= 0.3 is 23.4 Å². The summed E-state index contributed by atoms with van der Waals surface area (Å²) in [6.07, 6.45) is 2.62. The van der Waals surface area contributed by atoms with Crippen LogP contribution in [-0.2, 0) is 65.5 Å². The fraction of sp³-hybridized carbons (Fsp3) is 0.612. The van der Waals surface area contributed by atoms with Crippen LogP contribution in [0.2, 0.25) is 0 Å². The number of aromatic hydroxyl groups is 1. The summed E-state index contributed by atoms with van der Waals surface area (Å²) in [6.45, 7) is 8.94. The Morgan fingerprint density at radius 2 is 1.53 bits per heavy atom. The van der Waals surface area contributed by atoms with Gasteiger partial charge < -0.3 is 72.9 Å². The summed E-state index contributed by atoms with van der Waals surface area (Å²) in [5.74, 6) is -11.3. The Bertz CT molecular complexity index is 2450. The second-order valence-corrected chi connectivity index (χ2v) is 20.1. The zero-order chi connectivity index (χ0) is 58.7. The lowest BCUT2D eigenvalue weighted by atomic mass is 9.96. The molecule has 0 bridgehead atoms. The van der Waals surface area contributed by atoms with Gasteiger partial charge in [0.1, 0.15) is 47.6 Å². The van der Waals surface area contributed by atoms with E-state index in [1.807, 2.05) is 0 Å². The number of hydrogen-bond acceptors (Lipinski definition) is 18. The molecule has 0 radical (unpaired) electrons. The molecule has 2 aromatic rings. The van der Waals surface area contributed by atoms with E-state index in [1.54, 1.807) is 34.7 Å². The number of aromatic nitrogens is 2. The van der Waals surface area contributed by atoms with Gasteiger partial charge in [0.15, 0.2) is 11.0 Å². The number of benzene rings is 1. The Morgan fingerprint density at radius 3 is 2.06 bits per heavy atom. The Labute approximate surface area is 451 Å². The third-order valence-electron chi connectivity index (χ3n) is 12.6. The number of nitrogens with zero attached hydrogens (tertiary/aromatic N) is 5. The lowest BCUT2D eigenvalue weighted by Gasteiger charge is -2.35. The second-order valence-electron chi connectivity index (χ2n) is 20.1. The smallest absolute Gasteiger partial charge is 0.353 e. The zero-order valence-electron chi connectivity index (χ0n) is 45.5. The summed E-state index contributed by atoms with van der Waals surface area (Å²) in [4.78, 5) is 151. The molecule has 7 amide bonds. The molecule has 1 aromatic carbocycles. The van der Waals surface area contributed by atoms with Crippen LogP contribution in [0.15, 0.2) is 41.8 Å². The number of guanidine groups is 1. The molecule has 3 rings (SSSR count).